The van der Waals surface area contributed by atoms with E-state index in [2.05, 4.69) is 10.3 Å². The molecule has 2 heterocycles. The smallest absolute Gasteiger partial charge is 0.322 e. The number of carboxylic acid groups (broad SMARTS) is 1. The van der Waals surface area contributed by atoms with Gasteiger partial charge in [-0.05, 0) is 11.6 Å². The maximum atomic E-state index is 12.5. The number of rotatable bonds is 5. The molecule has 4 rings (SSSR count). The van der Waals surface area contributed by atoms with Crippen molar-refractivity contribution in [3.63, 3.8) is 0 Å². The summed E-state index contributed by atoms with van der Waals surface area (Å²) in [6, 6.07) is 21.0. The molecule has 0 spiro atoms. The normalized spacial score (nSPS) is 10.8. The lowest BCUT2D eigenvalue weighted by atomic mass is 10.1. The number of carbonyl (C=O) groups excluding carboxylic acids is 1. The molecule has 0 saturated carbocycles. The highest BCUT2D eigenvalue weighted by Gasteiger charge is 2.22. The number of carboxylic acids is 1. The van der Waals surface area contributed by atoms with E-state index in [0.717, 1.165) is 21.4 Å². The van der Waals surface area contributed by atoms with Gasteiger partial charge in [-0.15, -0.1) is 11.3 Å². The Hall–Kier alpha value is -3.71. The molecule has 3 N–H and O–H groups in total. The van der Waals surface area contributed by atoms with Crippen molar-refractivity contribution in [1.82, 2.24) is 10.3 Å². The second kappa shape index (κ2) is 7.73. The molecule has 1 amide bonds. The first-order chi connectivity index (χ1) is 14.0. The molecule has 2 aromatic heterocycles. The number of hydrogen-bond donors (Lipinski definition) is 3. The summed E-state index contributed by atoms with van der Waals surface area (Å²) in [7, 11) is 0. The molecule has 0 aliphatic rings. The van der Waals surface area contributed by atoms with Crippen molar-refractivity contribution in [3.8, 4) is 27.4 Å². The molecule has 0 radical (unpaired) electrons. The van der Waals surface area contributed by atoms with Gasteiger partial charge in [0.15, 0.2) is 11.4 Å². The van der Waals surface area contributed by atoms with Crippen LogP contribution in [-0.2, 0) is 4.79 Å². The highest BCUT2D eigenvalue weighted by Crippen LogP contribution is 2.43. The van der Waals surface area contributed by atoms with Crippen molar-refractivity contribution in [2.45, 2.75) is 0 Å². The number of nitrogens with one attached hydrogen (secondary N) is 1. The van der Waals surface area contributed by atoms with Crippen LogP contribution in [0.15, 0.2) is 66.7 Å². The predicted octanol–water partition coefficient (Wildman–Crippen LogP) is 4.15. The van der Waals surface area contributed by atoms with Gasteiger partial charge >= 0.3 is 5.97 Å². The number of aromatic nitrogens is 1. The van der Waals surface area contributed by atoms with Crippen LogP contribution in [0.4, 0.5) is 0 Å². The zero-order valence-corrected chi connectivity index (χ0v) is 15.9. The van der Waals surface area contributed by atoms with Crippen LogP contribution in [-0.4, -0.2) is 33.6 Å². The van der Waals surface area contributed by atoms with Gasteiger partial charge in [0.1, 0.15) is 6.54 Å². The third kappa shape index (κ3) is 3.68. The summed E-state index contributed by atoms with van der Waals surface area (Å²) in [6.07, 6.45) is 0. The highest BCUT2D eigenvalue weighted by atomic mass is 32.1. The number of aromatic hydroxyl groups is 1. The van der Waals surface area contributed by atoms with E-state index in [1.54, 1.807) is 0 Å². The van der Waals surface area contributed by atoms with Gasteiger partial charge in [-0.1, -0.05) is 60.7 Å². The molecule has 0 aliphatic carbocycles. The Labute approximate surface area is 170 Å². The summed E-state index contributed by atoms with van der Waals surface area (Å²) in [5.74, 6) is -2.17. The zero-order valence-electron chi connectivity index (χ0n) is 15.1. The standard InChI is InChI=1S/C22H16N2O4S/c25-17(26)12-23-22(28)19-20(27)21-15(18(24-19)14-9-5-2-6-10-14)11-16(29-21)13-7-3-1-4-8-13/h1-11,27H,12H2,(H,23,28)(H,25,26). The molecule has 7 heteroatoms. The summed E-state index contributed by atoms with van der Waals surface area (Å²) in [5.41, 5.74) is 2.14. The largest absolute Gasteiger partial charge is 0.504 e. The Kier molecular flexibility index (Phi) is 4.97. The fourth-order valence-corrected chi connectivity index (χ4v) is 4.14. The van der Waals surface area contributed by atoms with Crippen LogP contribution < -0.4 is 5.32 Å². The topological polar surface area (TPSA) is 99.5 Å². The molecule has 0 unspecified atom stereocenters. The average Bonchev–Trinajstić information content (AvgIpc) is 3.20. The van der Waals surface area contributed by atoms with Crippen LogP contribution in [0.5, 0.6) is 5.75 Å². The number of hydrogen-bond acceptors (Lipinski definition) is 5. The van der Waals surface area contributed by atoms with Crippen molar-refractivity contribution >= 4 is 33.3 Å². The van der Waals surface area contributed by atoms with Crippen molar-refractivity contribution in [1.29, 1.82) is 0 Å². The van der Waals surface area contributed by atoms with Crippen molar-refractivity contribution in [2.24, 2.45) is 0 Å². The molecule has 2 aromatic carbocycles. The van der Waals surface area contributed by atoms with E-state index in [1.165, 1.54) is 11.3 Å². The van der Waals surface area contributed by atoms with Gasteiger partial charge in [0.05, 0.1) is 10.4 Å². The van der Waals surface area contributed by atoms with E-state index in [4.69, 9.17) is 5.11 Å². The number of aliphatic carboxylic acids is 1. The number of thiophene rings is 1. The van der Waals surface area contributed by atoms with Gasteiger partial charge < -0.3 is 15.5 Å². The number of amides is 1. The molecule has 0 atom stereocenters. The third-order valence-electron chi connectivity index (χ3n) is 4.37. The summed E-state index contributed by atoms with van der Waals surface area (Å²) in [4.78, 5) is 28.6. The van der Waals surface area contributed by atoms with Crippen LogP contribution in [0.3, 0.4) is 0 Å². The molecular weight excluding hydrogens is 388 g/mol. The van der Waals surface area contributed by atoms with Gasteiger partial charge in [-0.2, -0.15) is 0 Å². The number of benzene rings is 2. The summed E-state index contributed by atoms with van der Waals surface area (Å²) >= 11 is 1.36. The second-order valence-corrected chi connectivity index (χ2v) is 7.37. The van der Waals surface area contributed by atoms with Crippen molar-refractivity contribution in [3.05, 3.63) is 72.4 Å². The van der Waals surface area contributed by atoms with E-state index < -0.39 is 18.4 Å². The van der Waals surface area contributed by atoms with Crippen LogP contribution in [0, 0.1) is 0 Å². The van der Waals surface area contributed by atoms with E-state index in [1.807, 2.05) is 66.7 Å². The van der Waals surface area contributed by atoms with Gasteiger partial charge in [0.2, 0.25) is 0 Å². The molecule has 0 bridgehead atoms. The number of pyridine rings is 1. The first kappa shape index (κ1) is 18.6. The SMILES string of the molecule is O=C(O)CNC(=O)c1nc(-c2ccccc2)c2cc(-c3ccccc3)sc2c1O. The monoisotopic (exact) mass is 404 g/mol. The van der Waals surface area contributed by atoms with Gasteiger partial charge in [0, 0.05) is 15.8 Å². The van der Waals surface area contributed by atoms with Gasteiger partial charge in [-0.3, -0.25) is 9.59 Å². The molecule has 0 fully saturated rings. The molecule has 0 aliphatic heterocycles. The Morgan fingerprint density at radius 1 is 0.966 bits per heavy atom. The lowest BCUT2D eigenvalue weighted by Gasteiger charge is -2.09. The first-order valence-electron chi connectivity index (χ1n) is 8.82. The zero-order chi connectivity index (χ0) is 20.4. The molecule has 29 heavy (non-hydrogen) atoms. The van der Waals surface area contributed by atoms with Crippen molar-refractivity contribution < 1.29 is 19.8 Å². The first-order valence-corrected chi connectivity index (χ1v) is 9.63. The average molecular weight is 404 g/mol. The van der Waals surface area contributed by atoms with Crippen LogP contribution in [0.1, 0.15) is 10.5 Å². The summed E-state index contributed by atoms with van der Waals surface area (Å²) in [6.45, 7) is -0.557. The second-order valence-electron chi connectivity index (χ2n) is 6.32. The van der Waals surface area contributed by atoms with E-state index >= 15 is 0 Å². The van der Waals surface area contributed by atoms with E-state index in [-0.39, 0.29) is 11.4 Å². The van der Waals surface area contributed by atoms with E-state index in [9.17, 15) is 14.7 Å². The minimum atomic E-state index is -1.18. The molecule has 6 nitrogen and oxygen atoms in total. The minimum absolute atomic E-state index is 0.195. The van der Waals surface area contributed by atoms with Crippen LogP contribution in [0.25, 0.3) is 31.8 Å². The maximum Gasteiger partial charge on any atom is 0.322 e. The van der Waals surface area contributed by atoms with E-state index in [0.29, 0.717) is 10.4 Å². The molecule has 4 aromatic rings. The minimum Gasteiger partial charge on any atom is -0.504 e. The van der Waals surface area contributed by atoms with Crippen LogP contribution in [0.2, 0.25) is 0 Å². The van der Waals surface area contributed by atoms with Crippen molar-refractivity contribution in [2.75, 3.05) is 6.54 Å². The summed E-state index contributed by atoms with van der Waals surface area (Å²) in [5, 5.41) is 22.6. The Balaban J connectivity index is 1.93. The lowest BCUT2D eigenvalue weighted by Crippen LogP contribution is -2.30. The quantitative estimate of drug-likeness (QED) is 0.464. The lowest BCUT2D eigenvalue weighted by molar-refractivity contribution is -0.135. The Morgan fingerprint density at radius 3 is 2.21 bits per heavy atom. The molecule has 144 valence electrons. The number of carbonyl (C=O) groups is 2. The fraction of sp³-hybridized carbons (Fsp3) is 0.0455. The number of nitrogens with zero attached hydrogens (tertiary/aromatic N) is 1. The Bertz CT molecular complexity index is 1200. The molecular formula is C22H16N2O4S. The highest BCUT2D eigenvalue weighted by molar-refractivity contribution is 7.22. The predicted molar refractivity (Wildman–Crippen MR) is 112 cm³/mol. The third-order valence-corrected chi connectivity index (χ3v) is 5.56. The van der Waals surface area contributed by atoms with Gasteiger partial charge in [-0.25, -0.2) is 4.98 Å². The fourth-order valence-electron chi connectivity index (χ4n) is 3.03. The van der Waals surface area contributed by atoms with Gasteiger partial charge in [0.25, 0.3) is 5.91 Å². The number of fused-ring (bicyclic) bond motifs is 1. The Morgan fingerprint density at radius 2 is 1.59 bits per heavy atom. The van der Waals surface area contributed by atoms with Crippen LogP contribution >= 0.6 is 11.3 Å². The maximum absolute atomic E-state index is 12.5. The summed E-state index contributed by atoms with van der Waals surface area (Å²) < 4.78 is 0.526. The molecule has 0 saturated heterocycles.